The van der Waals surface area contributed by atoms with E-state index in [9.17, 15) is 14.0 Å². The molecule has 9 heteroatoms. The van der Waals surface area contributed by atoms with Crippen LogP contribution in [0.4, 0.5) is 14.9 Å². The van der Waals surface area contributed by atoms with Gasteiger partial charge in [-0.3, -0.25) is 4.79 Å². The summed E-state index contributed by atoms with van der Waals surface area (Å²) in [7, 11) is 3.69. The summed E-state index contributed by atoms with van der Waals surface area (Å²) >= 11 is 6.16. The quantitative estimate of drug-likeness (QED) is 0.325. The van der Waals surface area contributed by atoms with Gasteiger partial charge in [0.05, 0.1) is 6.04 Å². The Morgan fingerprint density at radius 3 is 2.05 bits per heavy atom. The summed E-state index contributed by atoms with van der Waals surface area (Å²) in [6.45, 7) is 1.33. The number of likely N-dealkylation sites (tertiary alicyclic amines) is 1. The fourth-order valence-corrected chi connectivity index (χ4v) is 7.46. The molecule has 0 bridgehead atoms. The average molecular weight is 626 g/mol. The summed E-state index contributed by atoms with van der Waals surface area (Å²) in [5.41, 5.74) is 2.03. The lowest BCUT2D eigenvalue weighted by Crippen LogP contribution is -2.58. The van der Waals surface area contributed by atoms with Crippen LogP contribution in [-0.4, -0.2) is 84.0 Å². The molecule has 1 atom stereocenters. The third kappa shape index (κ3) is 8.66. The molecule has 3 aliphatic rings. The van der Waals surface area contributed by atoms with Crippen LogP contribution in [-0.2, 0) is 11.2 Å². The van der Waals surface area contributed by atoms with Crippen molar-refractivity contribution in [1.82, 2.24) is 20.0 Å². The second-order valence-electron chi connectivity index (χ2n) is 13.2. The molecule has 2 aromatic rings. The van der Waals surface area contributed by atoms with E-state index >= 15 is 0 Å². The van der Waals surface area contributed by atoms with Gasteiger partial charge in [0.15, 0.2) is 0 Å². The maximum absolute atomic E-state index is 14.1. The second-order valence-corrected chi connectivity index (χ2v) is 13.6. The molecule has 3 amide bonds. The summed E-state index contributed by atoms with van der Waals surface area (Å²) < 4.78 is 13.3. The van der Waals surface area contributed by atoms with Gasteiger partial charge in [-0.25, -0.2) is 9.18 Å². The van der Waals surface area contributed by atoms with E-state index in [1.54, 1.807) is 17.0 Å². The minimum Gasteiger partial charge on any atom is -0.382 e. The lowest BCUT2D eigenvalue weighted by molar-refractivity contribution is -0.135. The van der Waals surface area contributed by atoms with Crippen molar-refractivity contribution >= 4 is 29.2 Å². The highest BCUT2D eigenvalue weighted by Gasteiger charge is 2.37. The van der Waals surface area contributed by atoms with Crippen molar-refractivity contribution in [3.05, 3.63) is 64.9 Å². The SMILES string of the molecule is CN(C)C(=O)N(C1CCCCC1)C1CCN(C(=O)[C@@H](Cc2ccc(Cl)cc2)N[C@H]2CC[C@H](Nc3ccc(F)cc3)CC2)CC1. The topological polar surface area (TPSA) is 67.9 Å². The van der Waals surface area contributed by atoms with Gasteiger partial charge >= 0.3 is 6.03 Å². The van der Waals surface area contributed by atoms with Crippen LogP contribution in [0.3, 0.4) is 0 Å². The number of anilines is 1. The summed E-state index contributed by atoms with van der Waals surface area (Å²) in [4.78, 5) is 33.3. The molecule has 0 unspecified atom stereocenters. The number of benzene rings is 2. The molecule has 2 N–H and O–H groups in total. The Morgan fingerprint density at radius 1 is 0.841 bits per heavy atom. The molecular formula is C35H49ClFN5O2. The van der Waals surface area contributed by atoms with Crippen molar-refractivity contribution in [2.75, 3.05) is 32.5 Å². The maximum atomic E-state index is 14.1. The molecular weight excluding hydrogens is 577 g/mol. The number of hydrogen-bond acceptors (Lipinski definition) is 4. The van der Waals surface area contributed by atoms with Crippen molar-refractivity contribution in [2.45, 2.75) is 107 Å². The molecule has 2 aliphatic carbocycles. The molecule has 3 fully saturated rings. The average Bonchev–Trinajstić information content (AvgIpc) is 3.04. The lowest BCUT2D eigenvalue weighted by atomic mass is 9.89. The van der Waals surface area contributed by atoms with Crippen LogP contribution in [0.1, 0.15) is 76.2 Å². The predicted octanol–water partition coefficient (Wildman–Crippen LogP) is 6.71. The molecule has 0 aromatic heterocycles. The first-order valence-electron chi connectivity index (χ1n) is 16.6. The number of rotatable bonds is 9. The molecule has 7 nitrogen and oxygen atoms in total. The van der Waals surface area contributed by atoms with E-state index < -0.39 is 0 Å². The monoisotopic (exact) mass is 625 g/mol. The van der Waals surface area contributed by atoms with E-state index in [1.807, 2.05) is 43.3 Å². The Balaban J connectivity index is 1.20. The van der Waals surface area contributed by atoms with Crippen molar-refractivity contribution in [3.63, 3.8) is 0 Å². The maximum Gasteiger partial charge on any atom is 0.319 e. The zero-order valence-corrected chi connectivity index (χ0v) is 27.1. The van der Waals surface area contributed by atoms with Crippen molar-refractivity contribution in [3.8, 4) is 0 Å². The fourth-order valence-electron chi connectivity index (χ4n) is 7.33. The molecule has 0 spiro atoms. The Bertz CT molecular complexity index is 1200. The smallest absolute Gasteiger partial charge is 0.319 e. The van der Waals surface area contributed by atoms with Crippen LogP contribution in [0.5, 0.6) is 0 Å². The minimum atomic E-state index is -0.322. The van der Waals surface area contributed by atoms with Crippen LogP contribution in [0.25, 0.3) is 0 Å². The summed E-state index contributed by atoms with van der Waals surface area (Å²) in [6.07, 6.45) is 11.9. The standard InChI is InChI=1S/C35H49ClFN5O2/c1-40(2)35(44)42(31-6-4-3-5-7-31)32-20-22-41(23-21-32)34(43)33(24-25-8-10-26(36)11-9-25)39-30-18-16-29(17-19-30)38-28-14-12-27(37)13-15-28/h8-15,29-33,38-39H,3-7,16-24H2,1-2H3/t29-,30-,33-/m1/s1. The third-order valence-corrected chi connectivity index (χ3v) is 10.0. The van der Waals surface area contributed by atoms with E-state index in [1.165, 1.54) is 31.4 Å². The van der Waals surface area contributed by atoms with Gasteiger partial charge in [0, 0.05) is 62.1 Å². The van der Waals surface area contributed by atoms with Crippen molar-refractivity contribution in [1.29, 1.82) is 0 Å². The first-order valence-corrected chi connectivity index (χ1v) is 17.0. The van der Waals surface area contributed by atoms with Crippen LogP contribution in [0.2, 0.25) is 5.02 Å². The van der Waals surface area contributed by atoms with E-state index in [0.717, 1.165) is 62.6 Å². The number of hydrogen-bond donors (Lipinski definition) is 2. The van der Waals surface area contributed by atoms with Gasteiger partial charge in [-0.1, -0.05) is 43.0 Å². The van der Waals surface area contributed by atoms with Crippen LogP contribution >= 0.6 is 11.6 Å². The van der Waals surface area contributed by atoms with Gasteiger partial charge < -0.3 is 25.3 Å². The Labute approximate surface area is 267 Å². The van der Waals surface area contributed by atoms with Gasteiger partial charge in [-0.2, -0.15) is 0 Å². The third-order valence-electron chi connectivity index (χ3n) is 9.77. The van der Waals surface area contributed by atoms with Gasteiger partial charge in [0.1, 0.15) is 5.82 Å². The highest BCUT2D eigenvalue weighted by atomic mass is 35.5. The van der Waals surface area contributed by atoms with Gasteiger partial charge in [0.2, 0.25) is 5.91 Å². The Hall–Kier alpha value is -2.84. The van der Waals surface area contributed by atoms with E-state index in [4.69, 9.17) is 11.6 Å². The van der Waals surface area contributed by atoms with Crippen LogP contribution < -0.4 is 10.6 Å². The fraction of sp³-hybridized carbons (Fsp3) is 0.600. The number of urea groups is 1. The molecule has 240 valence electrons. The number of halogens is 2. The number of carbonyl (C=O) groups is 2. The zero-order valence-electron chi connectivity index (χ0n) is 26.3. The molecule has 0 radical (unpaired) electrons. The predicted molar refractivity (Wildman–Crippen MR) is 176 cm³/mol. The number of nitrogens with zero attached hydrogens (tertiary/aromatic N) is 3. The first-order chi connectivity index (χ1) is 21.3. The summed E-state index contributed by atoms with van der Waals surface area (Å²) in [5, 5.41) is 7.98. The largest absolute Gasteiger partial charge is 0.382 e. The Morgan fingerprint density at radius 2 is 1.43 bits per heavy atom. The molecule has 2 saturated carbocycles. The molecule has 1 heterocycles. The van der Waals surface area contributed by atoms with E-state index in [0.29, 0.717) is 36.6 Å². The summed E-state index contributed by atoms with van der Waals surface area (Å²) in [5.74, 6) is -0.0826. The van der Waals surface area contributed by atoms with Crippen LogP contribution in [0, 0.1) is 5.82 Å². The molecule has 44 heavy (non-hydrogen) atoms. The molecule has 2 aromatic carbocycles. The molecule has 5 rings (SSSR count). The Kier molecular flexibility index (Phi) is 11.4. The number of piperidine rings is 1. The van der Waals surface area contributed by atoms with E-state index in [-0.39, 0.29) is 35.9 Å². The molecule has 1 aliphatic heterocycles. The van der Waals surface area contributed by atoms with Crippen LogP contribution in [0.15, 0.2) is 48.5 Å². The van der Waals surface area contributed by atoms with Crippen molar-refractivity contribution < 1.29 is 14.0 Å². The van der Waals surface area contributed by atoms with Gasteiger partial charge in [-0.05, 0) is 99.7 Å². The van der Waals surface area contributed by atoms with Gasteiger partial charge in [0.25, 0.3) is 0 Å². The molecule has 1 saturated heterocycles. The summed E-state index contributed by atoms with van der Waals surface area (Å²) in [6, 6.07) is 15.2. The second kappa shape index (κ2) is 15.4. The highest BCUT2D eigenvalue weighted by Crippen LogP contribution is 2.29. The first kappa shape index (κ1) is 32.6. The minimum absolute atomic E-state index is 0.105. The highest BCUT2D eigenvalue weighted by molar-refractivity contribution is 6.30. The van der Waals surface area contributed by atoms with E-state index in [2.05, 4.69) is 15.5 Å². The number of amides is 3. The van der Waals surface area contributed by atoms with Gasteiger partial charge in [-0.15, -0.1) is 0 Å². The normalized spacial score (nSPS) is 22.3. The number of nitrogens with one attached hydrogen (secondary N) is 2. The zero-order chi connectivity index (χ0) is 31.1. The number of carbonyl (C=O) groups excluding carboxylic acids is 2. The lowest BCUT2D eigenvalue weighted by Gasteiger charge is -2.45. The van der Waals surface area contributed by atoms with Crippen molar-refractivity contribution in [2.24, 2.45) is 0 Å².